The van der Waals surface area contributed by atoms with E-state index in [-0.39, 0.29) is 5.82 Å². The quantitative estimate of drug-likeness (QED) is 0.855. The minimum Gasteiger partial charge on any atom is -0.316 e. The minimum atomic E-state index is -0.187. The highest BCUT2D eigenvalue weighted by Gasteiger charge is 2.06. The molecule has 0 bridgehead atoms. The lowest BCUT2D eigenvalue weighted by atomic mass is 10.1. The predicted molar refractivity (Wildman–Crippen MR) is 61.4 cm³/mol. The summed E-state index contributed by atoms with van der Waals surface area (Å²) in [6, 6.07) is 7.12. The van der Waals surface area contributed by atoms with Crippen LogP contribution in [0.1, 0.15) is 5.56 Å². The summed E-state index contributed by atoms with van der Waals surface area (Å²) >= 11 is 0. The molecule has 16 heavy (non-hydrogen) atoms. The third-order valence-corrected chi connectivity index (χ3v) is 2.54. The molecule has 1 aromatic heterocycles. The molecule has 0 atom stereocenters. The van der Waals surface area contributed by atoms with Crippen molar-refractivity contribution in [3.63, 3.8) is 0 Å². The third kappa shape index (κ3) is 1.97. The first-order valence-electron chi connectivity index (χ1n) is 5.14. The standard InChI is InChI=1S/C12H14FN3/c1-14-8-10-4-3-9(7-11(10)13)12-5-6-15-16(12)2/h3-7,14H,8H2,1-2H3. The molecular weight excluding hydrogens is 205 g/mol. The van der Waals surface area contributed by atoms with E-state index in [9.17, 15) is 4.39 Å². The number of aromatic nitrogens is 2. The Labute approximate surface area is 93.9 Å². The van der Waals surface area contributed by atoms with E-state index in [0.717, 1.165) is 11.3 Å². The molecule has 3 nitrogen and oxygen atoms in total. The molecule has 2 aromatic rings. The lowest BCUT2D eigenvalue weighted by molar-refractivity contribution is 0.601. The number of hydrogen-bond acceptors (Lipinski definition) is 2. The first kappa shape index (κ1) is 10.8. The SMILES string of the molecule is CNCc1ccc(-c2ccnn2C)cc1F. The van der Waals surface area contributed by atoms with Gasteiger partial charge in [0.1, 0.15) is 5.82 Å². The second-order valence-electron chi connectivity index (χ2n) is 3.68. The van der Waals surface area contributed by atoms with Gasteiger partial charge >= 0.3 is 0 Å². The van der Waals surface area contributed by atoms with Gasteiger partial charge in [-0.25, -0.2) is 4.39 Å². The Balaban J connectivity index is 2.38. The van der Waals surface area contributed by atoms with Gasteiger partial charge < -0.3 is 5.32 Å². The van der Waals surface area contributed by atoms with Gasteiger partial charge in [0.05, 0.1) is 5.69 Å². The maximum atomic E-state index is 13.7. The molecule has 0 aliphatic rings. The summed E-state index contributed by atoms with van der Waals surface area (Å²) in [5.74, 6) is -0.187. The van der Waals surface area contributed by atoms with Crippen molar-refractivity contribution in [1.82, 2.24) is 15.1 Å². The molecule has 1 aromatic carbocycles. The normalized spacial score (nSPS) is 10.7. The third-order valence-electron chi connectivity index (χ3n) is 2.54. The number of benzene rings is 1. The van der Waals surface area contributed by atoms with Gasteiger partial charge in [-0.1, -0.05) is 12.1 Å². The van der Waals surface area contributed by atoms with Crippen LogP contribution in [0.2, 0.25) is 0 Å². The zero-order chi connectivity index (χ0) is 11.5. The Bertz CT molecular complexity index is 491. The van der Waals surface area contributed by atoms with Crippen LogP contribution in [0.5, 0.6) is 0 Å². The van der Waals surface area contributed by atoms with Crippen LogP contribution in [0, 0.1) is 5.82 Å². The average molecular weight is 219 g/mol. The van der Waals surface area contributed by atoms with Crippen molar-refractivity contribution in [3.8, 4) is 11.3 Å². The number of halogens is 1. The Morgan fingerprint density at radius 1 is 1.38 bits per heavy atom. The van der Waals surface area contributed by atoms with Gasteiger partial charge in [0.2, 0.25) is 0 Å². The maximum absolute atomic E-state index is 13.7. The second-order valence-corrected chi connectivity index (χ2v) is 3.68. The highest BCUT2D eigenvalue weighted by atomic mass is 19.1. The largest absolute Gasteiger partial charge is 0.316 e. The molecule has 0 aliphatic heterocycles. The highest BCUT2D eigenvalue weighted by molar-refractivity contribution is 5.59. The maximum Gasteiger partial charge on any atom is 0.128 e. The van der Waals surface area contributed by atoms with Crippen molar-refractivity contribution in [3.05, 3.63) is 41.8 Å². The Morgan fingerprint density at radius 3 is 2.75 bits per heavy atom. The summed E-state index contributed by atoms with van der Waals surface area (Å²) in [6.07, 6.45) is 1.70. The van der Waals surface area contributed by atoms with E-state index in [0.29, 0.717) is 12.1 Å². The molecule has 0 fully saturated rings. The summed E-state index contributed by atoms with van der Waals surface area (Å²) < 4.78 is 15.4. The van der Waals surface area contributed by atoms with Crippen molar-refractivity contribution in [2.45, 2.75) is 6.54 Å². The smallest absolute Gasteiger partial charge is 0.128 e. The lowest BCUT2D eigenvalue weighted by Gasteiger charge is -2.06. The van der Waals surface area contributed by atoms with Gasteiger partial charge in [-0.2, -0.15) is 5.10 Å². The molecule has 0 saturated carbocycles. The van der Waals surface area contributed by atoms with Gasteiger partial charge in [0.15, 0.2) is 0 Å². The number of aryl methyl sites for hydroxylation is 1. The fraction of sp³-hybridized carbons (Fsp3) is 0.250. The zero-order valence-electron chi connectivity index (χ0n) is 9.37. The lowest BCUT2D eigenvalue weighted by Crippen LogP contribution is -2.07. The van der Waals surface area contributed by atoms with Crippen LogP contribution in [-0.2, 0) is 13.6 Å². The van der Waals surface area contributed by atoms with Crippen LogP contribution < -0.4 is 5.32 Å². The van der Waals surface area contributed by atoms with Gasteiger partial charge in [0, 0.05) is 30.9 Å². The first-order chi connectivity index (χ1) is 7.72. The van der Waals surface area contributed by atoms with Crippen molar-refractivity contribution in [2.75, 3.05) is 7.05 Å². The number of nitrogens with one attached hydrogen (secondary N) is 1. The van der Waals surface area contributed by atoms with E-state index < -0.39 is 0 Å². The van der Waals surface area contributed by atoms with Crippen LogP contribution in [0.3, 0.4) is 0 Å². The fourth-order valence-electron chi connectivity index (χ4n) is 1.70. The number of nitrogens with zero attached hydrogens (tertiary/aromatic N) is 2. The highest BCUT2D eigenvalue weighted by Crippen LogP contribution is 2.20. The van der Waals surface area contributed by atoms with E-state index in [1.807, 2.05) is 19.2 Å². The van der Waals surface area contributed by atoms with E-state index in [2.05, 4.69) is 10.4 Å². The number of hydrogen-bond donors (Lipinski definition) is 1. The van der Waals surface area contributed by atoms with Crippen molar-refractivity contribution < 1.29 is 4.39 Å². The van der Waals surface area contributed by atoms with Gasteiger partial charge in [0.25, 0.3) is 0 Å². The molecule has 0 saturated heterocycles. The Hall–Kier alpha value is -1.68. The summed E-state index contributed by atoms with van der Waals surface area (Å²) in [6.45, 7) is 0.539. The zero-order valence-corrected chi connectivity index (χ0v) is 9.37. The Kier molecular flexibility index (Phi) is 3.01. The molecule has 1 N–H and O–H groups in total. The van der Waals surface area contributed by atoms with Gasteiger partial charge in [-0.3, -0.25) is 4.68 Å². The molecule has 0 unspecified atom stereocenters. The van der Waals surface area contributed by atoms with E-state index in [4.69, 9.17) is 0 Å². The monoisotopic (exact) mass is 219 g/mol. The Morgan fingerprint density at radius 2 is 2.19 bits per heavy atom. The topological polar surface area (TPSA) is 29.9 Å². The van der Waals surface area contributed by atoms with Gasteiger partial charge in [-0.15, -0.1) is 0 Å². The van der Waals surface area contributed by atoms with E-state index in [1.165, 1.54) is 0 Å². The molecule has 1 heterocycles. The molecule has 0 amide bonds. The molecular formula is C12H14FN3. The van der Waals surface area contributed by atoms with Crippen LogP contribution >= 0.6 is 0 Å². The van der Waals surface area contributed by atoms with Gasteiger partial charge in [-0.05, 0) is 19.2 Å². The van der Waals surface area contributed by atoms with Crippen LogP contribution in [0.25, 0.3) is 11.3 Å². The van der Waals surface area contributed by atoms with E-state index in [1.54, 1.807) is 30.1 Å². The predicted octanol–water partition coefficient (Wildman–Crippen LogP) is 1.95. The molecule has 2 rings (SSSR count). The summed E-state index contributed by atoms with van der Waals surface area (Å²) in [5, 5.41) is 7.00. The van der Waals surface area contributed by atoms with E-state index >= 15 is 0 Å². The molecule has 0 spiro atoms. The molecule has 0 aliphatic carbocycles. The minimum absolute atomic E-state index is 0.187. The van der Waals surface area contributed by atoms with Crippen molar-refractivity contribution in [2.24, 2.45) is 7.05 Å². The van der Waals surface area contributed by atoms with Crippen LogP contribution in [0.4, 0.5) is 4.39 Å². The second kappa shape index (κ2) is 4.45. The van der Waals surface area contributed by atoms with Crippen LogP contribution in [-0.4, -0.2) is 16.8 Å². The van der Waals surface area contributed by atoms with Crippen LogP contribution in [0.15, 0.2) is 30.5 Å². The van der Waals surface area contributed by atoms with Crippen molar-refractivity contribution >= 4 is 0 Å². The fourth-order valence-corrected chi connectivity index (χ4v) is 1.70. The summed E-state index contributed by atoms with van der Waals surface area (Å²) in [4.78, 5) is 0. The molecule has 0 radical (unpaired) electrons. The summed E-state index contributed by atoms with van der Waals surface area (Å²) in [7, 11) is 3.64. The summed E-state index contributed by atoms with van der Waals surface area (Å²) in [5.41, 5.74) is 2.43. The molecule has 84 valence electrons. The molecule has 4 heteroatoms. The average Bonchev–Trinajstić information content (AvgIpc) is 2.68. The first-order valence-corrected chi connectivity index (χ1v) is 5.14. The van der Waals surface area contributed by atoms with Crippen molar-refractivity contribution in [1.29, 1.82) is 0 Å². The number of rotatable bonds is 3.